The van der Waals surface area contributed by atoms with Gasteiger partial charge in [0.2, 0.25) is 11.9 Å². The molecule has 3 N–H and O–H groups in total. The van der Waals surface area contributed by atoms with Gasteiger partial charge in [0.05, 0.1) is 6.10 Å². The number of nitrogens with zero attached hydrogens (tertiary/aromatic N) is 4. The molecular weight excluding hydrogens is 208 g/mol. The monoisotopic (exact) mass is 226 g/mol. The van der Waals surface area contributed by atoms with Crippen LogP contribution in [0.15, 0.2) is 0 Å². The number of nitrogens with two attached hydrogens (primary N) is 1. The molecule has 1 heterocycles. The van der Waals surface area contributed by atoms with Gasteiger partial charge in [-0.05, 0) is 13.3 Å². The smallest absolute Gasteiger partial charge is 0.323 e. The summed E-state index contributed by atoms with van der Waals surface area (Å²) in [4.78, 5) is 14.0. The number of rotatable bonds is 5. The fraction of sp³-hybridized carbons (Fsp3) is 0.667. The Hall–Kier alpha value is -1.63. The fourth-order valence-electron chi connectivity index (χ4n) is 0.926. The number of nitrogens with one attached hydrogen (secondary N) is 1. The molecule has 1 atom stereocenters. The Labute approximate surface area is 95.0 Å². The lowest BCUT2D eigenvalue weighted by molar-refractivity contribution is 0.199. The lowest BCUT2D eigenvalue weighted by Crippen LogP contribution is -2.20. The van der Waals surface area contributed by atoms with Gasteiger partial charge in [-0.2, -0.15) is 15.0 Å². The maximum absolute atomic E-state index is 5.51. The van der Waals surface area contributed by atoms with E-state index in [-0.39, 0.29) is 18.1 Å². The van der Waals surface area contributed by atoms with Gasteiger partial charge in [-0.1, -0.05) is 6.92 Å². The predicted molar refractivity (Wildman–Crippen MR) is 62.3 cm³/mol. The SMILES string of the molecule is CCC(C)Oc1nc(NN)nc(N(C)C)n1. The Morgan fingerprint density at radius 2 is 2.06 bits per heavy atom. The second-order valence-electron chi connectivity index (χ2n) is 3.62. The zero-order chi connectivity index (χ0) is 12.1. The van der Waals surface area contributed by atoms with Crippen molar-refractivity contribution in [2.75, 3.05) is 24.4 Å². The summed E-state index contributed by atoms with van der Waals surface area (Å²) in [5.74, 6) is 6.06. The Bertz CT molecular complexity index is 343. The van der Waals surface area contributed by atoms with E-state index in [0.717, 1.165) is 6.42 Å². The molecule has 0 amide bonds. The van der Waals surface area contributed by atoms with E-state index < -0.39 is 0 Å². The Morgan fingerprint density at radius 3 is 2.56 bits per heavy atom. The molecule has 0 saturated carbocycles. The molecule has 1 rings (SSSR count). The lowest BCUT2D eigenvalue weighted by Gasteiger charge is -2.14. The summed E-state index contributed by atoms with van der Waals surface area (Å²) in [6, 6.07) is 0.279. The molecule has 7 nitrogen and oxygen atoms in total. The largest absolute Gasteiger partial charge is 0.460 e. The minimum absolute atomic E-state index is 0.0584. The van der Waals surface area contributed by atoms with Gasteiger partial charge in [0.1, 0.15) is 0 Å². The fourth-order valence-corrected chi connectivity index (χ4v) is 0.926. The highest BCUT2D eigenvalue weighted by molar-refractivity contribution is 5.36. The van der Waals surface area contributed by atoms with Crippen molar-refractivity contribution in [3.63, 3.8) is 0 Å². The summed E-state index contributed by atoms with van der Waals surface area (Å²) in [6.45, 7) is 3.98. The second-order valence-corrected chi connectivity index (χ2v) is 3.62. The van der Waals surface area contributed by atoms with Crippen molar-refractivity contribution in [3.8, 4) is 6.01 Å². The maximum Gasteiger partial charge on any atom is 0.323 e. The van der Waals surface area contributed by atoms with E-state index in [1.165, 1.54) is 0 Å². The van der Waals surface area contributed by atoms with Crippen LogP contribution < -0.4 is 20.9 Å². The molecule has 0 radical (unpaired) electrons. The number of aromatic nitrogens is 3. The van der Waals surface area contributed by atoms with Gasteiger partial charge < -0.3 is 9.64 Å². The van der Waals surface area contributed by atoms with Crippen molar-refractivity contribution in [2.45, 2.75) is 26.4 Å². The van der Waals surface area contributed by atoms with Crippen molar-refractivity contribution in [3.05, 3.63) is 0 Å². The van der Waals surface area contributed by atoms with Crippen LogP contribution in [0.4, 0.5) is 11.9 Å². The average Bonchev–Trinajstić information content (AvgIpc) is 2.28. The number of nitrogen functional groups attached to an aromatic ring is 1. The third-order valence-electron chi connectivity index (χ3n) is 2.01. The third kappa shape index (κ3) is 3.20. The van der Waals surface area contributed by atoms with Gasteiger partial charge in [-0.15, -0.1) is 0 Å². The number of hydrogen-bond acceptors (Lipinski definition) is 7. The van der Waals surface area contributed by atoms with Gasteiger partial charge in [-0.3, -0.25) is 5.43 Å². The molecule has 0 bridgehead atoms. The molecule has 0 aromatic carbocycles. The van der Waals surface area contributed by atoms with Gasteiger partial charge in [0.15, 0.2) is 0 Å². The maximum atomic E-state index is 5.51. The predicted octanol–water partition coefficient (Wildman–Crippen LogP) is 0.400. The summed E-state index contributed by atoms with van der Waals surface area (Å²) >= 11 is 0. The first-order chi connectivity index (χ1) is 7.56. The van der Waals surface area contributed by atoms with Crippen LogP contribution in [0, 0.1) is 0 Å². The lowest BCUT2D eigenvalue weighted by atomic mass is 10.3. The molecule has 0 aliphatic heterocycles. The molecule has 1 aromatic heterocycles. The van der Waals surface area contributed by atoms with E-state index in [1.54, 1.807) is 4.90 Å². The minimum atomic E-state index is 0.0584. The van der Waals surface area contributed by atoms with Crippen molar-refractivity contribution in [2.24, 2.45) is 5.84 Å². The summed E-state index contributed by atoms with van der Waals surface area (Å²) < 4.78 is 5.51. The molecule has 16 heavy (non-hydrogen) atoms. The van der Waals surface area contributed by atoms with Gasteiger partial charge in [-0.25, -0.2) is 5.84 Å². The topological polar surface area (TPSA) is 89.2 Å². The molecule has 0 saturated heterocycles. The van der Waals surface area contributed by atoms with Gasteiger partial charge >= 0.3 is 6.01 Å². The van der Waals surface area contributed by atoms with Crippen molar-refractivity contribution < 1.29 is 4.74 Å². The van der Waals surface area contributed by atoms with Crippen molar-refractivity contribution >= 4 is 11.9 Å². The normalized spacial score (nSPS) is 12.1. The van der Waals surface area contributed by atoms with Crippen LogP contribution in [0.5, 0.6) is 6.01 Å². The summed E-state index contributed by atoms with van der Waals surface area (Å²) in [5.41, 5.74) is 2.38. The van der Waals surface area contributed by atoms with Crippen molar-refractivity contribution in [1.29, 1.82) is 0 Å². The standard InChI is InChI=1S/C9H18N6O/c1-5-6(2)16-9-12-7(14-10)11-8(13-9)15(3)4/h6H,5,10H2,1-4H3,(H,11,12,13,14). The molecule has 0 aliphatic carbocycles. The van der Waals surface area contributed by atoms with Crippen LogP contribution in [-0.4, -0.2) is 35.2 Å². The van der Waals surface area contributed by atoms with Crippen LogP contribution >= 0.6 is 0 Å². The molecule has 0 spiro atoms. The highest BCUT2D eigenvalue weighted by Gasteiger charge is 2.10. The van der Waals surface area contributed by atoms with E-state index in [2.05, 4.69) is 20.4 Å². The van der Waals surface area contributed by atoms with Gasteiger partial charge in [0, 0.05) is 14.1 Å². The molecular formula is C9H18N6O. The van der Waals surface area contributed by atoms with Gasteiger partial charge in [0.25, 0.3) is 0 Å². The number of ether oxygens (including phenoxy) is 1. The summed E-state index contributed by atoms with van der Waals surface area (Å²) in [5, 5.41) is 0. The summed E-state index contributed by atoms with van der Waals surface area (Å²) in [7, 11) is 3.67. The number of hydrogen-bond donors (Lipinski definition) is 2. The molecule has 0 fully saturated rings. The van der Waals surface area contributed by atoms with E-state index in [9.17, 15) is 0 Å². The van der Waals surface area contributed by atoms with Crippen LogP contribution in [-0.2, 0) is 0 Å². The minimum Gasteiger partial charge on any atom is -0.460 e. The van der Waals surface area contributed by atoms with E-state index in [1.807, 2.05) is 27.9 Å². The average molecular weight is 226 g/mol. The van der Waals surface area contributed by atoms with Crippen LogP contribution in [0.1, 0.15) is 20.3 Å². The first kappa shape index (κ1) is 12.4. The quantitative estimate of drug-likeness (QED) is 0.555. The van der Waals surface area contributed by atoms with Crippen LogP contribution in [0.3, 0.4) is 0 Å². The van der Waals surface area contributed by atoms with E-state index in [4.69, 9.17) is 10.6 Å². The number of anilines is 2. The zero-order valence-electron chi connectivity index (χ0n) is 10.1. The first-order valence-electron chi connectivity index (χ1n) is 5.13. The molecule has 1 unspecified atom stereocenters. The van der Waals surface area contributed by atoms with E-state index >= 15 is 0 Å². The Kier molecular flexibility index (Phi) is 4.24. The van der Waals surface area contributed by atoms with E-state index in [0.29, 0.717) is 5.95 Å². The molecule has 90 valence electrons. The molecule has 7 heteroatoms. The third-order valence-corrected chi connectivity index (χ3v) is 2.01. The molecule has 0 aliphatic rings. The highest BCUT2D eigenvalue weighted by Crippen LogP contribution is 2.14. The first-order valence-corrected chi connectivity index (χ1v) is 5.13. The Balaban J connectivity index is 2.95. The highest BCUT2D eigenvalue weighted by atomic mass is 16.5. The van der Waals surface area contributed by atoms with Crippen LogP contribution in [0.25, 0.3) is 0 Å². The summed E-state index contributed by atoms with van der Waals surface area (Å²) in [6.07, 6.45) is 0.942. The second kappa shape index (κ2) is 5.45. The Morgan fingerprint density at radius 1 is 1.38 bits per heavy atom. The number of hydrazine groups is 1. The molecule has 1 aromatic rings. The van der Waals surface area contributed by atoms with Crippen molar-refractivity contribution in [1.82, 2.24) is 15.0 Å². The zero-order valence-corrected chi connectivity index (χ0v) is 10.1. The van der Waals surface area contributed by atoms with Crippen LogP contribution in [0.2, 0.25) is 0 Å².